The van der Waals surface area contributed by atoms with E-state index in [1.807, 2.05) is 25.2 Å². The molecule has 1 N–H and O–H groups in total. The molecule has 94 valence electrons. The lowest BCUT2D eigenvalue weighted by molar-refractivity contribution is 0.590. The predicted molar refractivity (Wildman–Crippen MR) is 81.1 cm³/mol. The molecule has 1 atom stereocenters. The van der Waals surface area contributed by atoms with Crippen LogP contribution in [0, 0.1) is 0 Å². The summed E-state index contributed by atoms with van der Waals surface area (Å²) in [6.07, 6.45) is 0.941. The van der Waals surface area contributed by atoms with Crippen molar-refractivity contribution in [3.05, 3.63) is 69.2 Å². The maximum atomic E-state index is 5.90. The summed E-state index contributed by atoms with van der Waals surface area (Å²) in [5.74, 6) is 0. The van der Waals surface area contributed by atoms with Gasteiger partial charge in [0.15, 0.2) is 0 Å². The van der Waals surface area contributed by atoms with E-state index in [4.69, 9.17) is 11.6 Å². The van der Waals surface area contributed by atoms with Crippen LogP contribution in [-0.4, -0.2) is 7.05 Å². The summed E-state index contributed by atoms with van der Waals surface area (Å²) in [6.45, 7) is 0. The van der Waals surface area contributed by atoms with Gasteiger partial charge in [0.1, 0.15) is 0 Å². The van der Waals surface area contributed by atoms with Crippen molar-refractivity contribution in [3.8, 4) is 0 Å². The van der Waals surface area contributed by atoms with Crippen LogP contribution in [0.1, 0.15) is 17.2 Å². The minimum absolute atomic E-state index is 0.293. The van der Waals surface area contributed by atoms with Crippen LogP contribution in [0.4, 0.5) is 0 Å². The molecule has 3 heteroatoms. The van der Waals surface area contributed by atoms with Crippen LogP contribution >= 0.6 is 27.5 Å². The van der Waals surface area contributed by atoms with Gasteiger partial charge in [-0.25, -0.2) is 0 Å². The van der Waals surface area contributed by atoms with Crippen LogP contribution in [0.3, 0.4) is 0 Å². The van der Waals surface area contributed by atoms with Crippen LogP contribution in [-0.2, 0) is 6.42 Å². The van der Waals surface area contributed by atoms with Crippen LogP contribution < -0.4 is 5.32 Å². The van der Waals surface area contributed by atoms with Crippen molar-refractivity contribution in [3.63, 3.8) is 0 Å². The average Bonchev–Trinajstić information content (AvgIpc) is 2.39. The van der Waals surface area contributed by atoms with Crippen molar-refractivity contribution in [2.24, 2.45) is 0 Å². The van der Waals surface area contributed by atoms with Crippen molar-refractivity contribution < 1.29 is 0 Å². The van der Waals surface area contributed by atoms with Gasteiger partial charge >= 0.3 is 0 Å². The summed E-state index contributed by atoms with van der Waals surface area (Å²) < 4.78 is 1.14. The maximum absolute atomic E-state index is 5.90. The van der Waals surface area contributed by atoms with E-state index in [9.17, 15) is 0 Å². The molecular formula is C15H15BrClN. The fourth-order valence-electron chi connectivity index (χ4n) is 1.98. The Labute approximate surface area is 121 Å². The lowest BCUT2D eigenvalue weighted by atomic mass is 9.99. The summed E-state index contributed by atoms with van der Waals surface area (Å²) in [7, 11) is 1.99. The van der Waals surface area contributed by atoms with Crippen LogP contribution in [0.5, 0.6) is 0 Å². The number of hydrogen-bond acceptors (Lipinski definition) is 1. The van der Waals surface area contributed by atoms with Crippen molar-refractivity contribution >= 4 is 27.5 Å². The fraction of sp³-hybridized carbons (Fsp3) is 0.200. The number of likely N-dealkylation sites (N-methyl/N-ethyl adjacent to an activating group) is 1. The Bertz CT molecular complexity index is 510. The molecule has 2 aromatic carbocycles. The molecule has 0 fully saturated rings. The Hall–Kier alpha value is -0.830. The number of benzene rings is 2. The summed E-state index contributed by atoms with van der Waals surface area (Å²) >= 11 is 9.50. The zero-order chi connectivity index (χ0) is 13.0. The molecule has 2 rings (SSSR count). The Balaban J connectivity index is 2.20. The fourth-order valence-corrected chi connectivity index (χ4v) is 2.67. The minimum Gasteiger partial charge on any atom is -0.313 e. The molecule has 0 amide bonds. The van der Waals surface area contributed by atoms with Gasteiger partial charge in [-0.2, -0.15) is 0 Å². The Morgan fingerprint density at radius 1 is 1.11 bits per heavy atom. The number of halogens is 2. The van der Waals surface area contributed by atoms with E-state index in [0.29, 0.717) is 6.04 Å². The summed E-state index contributed by atoms with van der Waals surface area (Å²) in [5, 5.41) is 4.14. The van der Waals surface area contributed by atoms with E-state index in [-0.39, 0.29) is 0 Å². The summed E-state index contributed by atoms with van der Waals surface area (Å²) in [5.41, 5.74) is 2.55. The smallest absolute Gasteiger partial charge is 0.0406 e. The molecule has 0 aliphatic rings. The molecule has 18 heavy (non-hydrogen) atoms. The highest BCUT2D eigenvalue weighted by Crippen LogP contribution is 2.26. The van der Waals surface area contributed by atoms with E-state index in [2.05, 4.69) is 51.6 Å². The molecule has 1 nitrogen and oxygen atoms in total. The molecule has 0 bridgehead atoms. The van der Waals surface area contributed by atoms with Crippen LogP contribution in [0.25, 0.3) is 0 Å². The Morgan fingerprint density at radius 3 is 2.39 bits per heavy atom. The molecule has 0 radical (unpaired) electrons. The van der Waals surface area contributed by atoms with Gasteiger partial charge in [0.05, 0.1) is 0 Å². The Morgan fingerprint density at radius 2 is 1.78 bits per heavy atom. The maximum Gasteiger partial charge on any atom is 0.0406 e. The zero-order valence-corrected chi connectivity index (χ0v) is 12.5. The number of hydrogen-bond donors (Lipinski definition) is 1. The van der Waals surface area contributed by atoms with Gasteiger partial charge in [0.25, 0.3) is 0 Å². The van der Waals surface area contributed by atoms with E-state index in [1.54, 1.807) is 0 Å². The molecule has 1 unspecified atom stereocenters. The van der Waals surface area contributed by atoms with Crippen LogP contribution in [0.15, 0.2) is 53.0 Å². The number of rotatable bonds is 4. The standard InChI is InChI=1S/C15H15BrClN/c1-18-15(13-4-2-3-5-14(13)16)10-11-6-8-12(17)9-7-11/h2-9,15,18H,10H2,1H3. The third-order valence-electron chi connectivity index (χ3n) is 2.98. The quantitative estimate of drug-likeness (QED) is 0.866. The van der Waals surface area contributed by atoms with Gasteiger partial charge in [-0.3, -0.25) is 0 Å². The lowest BCUT2D eigenvalue weighted by Gasteiger charge is -2.18. The first-order valence-corrected chi connectivity index (χ1v) is 7.04. The topological polar surface area (TPSA) is 12.0 Å². The van der Waals surface area contributed by atoms with E-state index in [0.717, 1.165) is 15.9 Å². The first kappa shape index (κ1) is 13.6. The first-order valence-electron chi connectivity index (χ1n) is 5.87. The highest BCUT2D eigenvalue weighted by Gasteiger charge is 2.12. The van der Waals surface area contributed by atoms with Crippen molar-refractivity contribution in [1.82, 2.24) is 5.32 Å². The molecule has 0 saturated heterocycles. The second-order valence-electron chi connectivity index (χ2n) is 4.19. The summed E-state index contributed by atoms with van der Waals surface area (Å²) in [4.78, 5) is 0. The molecule has 0 saturated carbocycles. The van der Waals surface area contributed by atoms with Gasteiger partial charge in [0, 0.05) is 15.5 Å². The van der Waals surface area contributed by atoms with Gasteiger partial charge in [-0.1, -0.05) is 57.9 Å². The third kappa shape index (κ3) is 3.35. The van der Waals surface area contributed by atoms with Gasteiger partial charge < -0.3 is 5.32 Å². The minimum atomic E-state index is 0.293. The number of nitrogens with one attached hydrogen (secondary N) is 1. The summed E-state index contributed by atoms with van der Waals surface area (Å²) in [6, 6.07) is 16.6. The van der Waals surface area contributed by atoms with E-state index in [1.165, 1.54) is 11.1 Å². The SMILES string of the molecule is CNC(Cc1ccc(Cl)cc1)c1ccccc1Br. The van der Waals surface area contributed by atoms with Gasteiger partial charge in [0.2, 0.25) is 0 Å². The Kier molecular flexibility index (Phi) is 4.81. The molecule has 0 aromatic heterocycles. The van der Waals surface area contributed by atoms with Crippen molar-refractivity contribution in [2.45, 2.75) is 12.5 Å². The van der Waals surface area contributed by atoms with Gasteiger partial charge in [-0.15, -0.1) is 0 Å². The van der Waals surface area contributed by atoms with E-state index >= 15 is 0 Å². The normalized spacial score (nSPS) is 12.4. The first-order chi connectivity index (χ1) is 8.70. The van der Waals surface area contributed by atoms with Gasteiger partial charge in [-0.05, 0) is 42.8 Å². The predicted octanol–water partition coefficient (Wildman–Crippen LogP) is 4.61. The highest BCUT2D eigenvalue weighted by molar-refractivity contribution is 9.10. The second-order valence-corrected chi connectivity index (χ2v) is 5.48. The lowest BCUT2D eigenvalue weighted by Crippen LogP contribution is -2.19. The second kappa shape index (κ2) is 6.37. The third-order valence-corrected chi connectivity index (χ3v) is 3.96. The molecule has 2 aromatic rings. The van der Waals surface area contributed by atoms with Crippen molar-refractivity contribution in [1.29, 1.82) is 0 Å². The average molecular weight is 325 g/mol. The molecule has 0 aliphatic carbocycles. The van der Waals surface area contributed by atoms with Crippen molar-refractivity contribution in [2.75, 3.05) is 7.05 Å². The molecule has 0 spiro atoms. The molecule has 0 heterocycles. The monoisotopic (exact) mass is 323 g/mol. The van der Waals surface area contributed by atoms with E-state index < -0.39 is 0 Å². The molecular weight excluding hydrogens is 310 g/mol. The highest BCUT2D eigenvalue weighted by atomic mass is 79.9. The molecule has 0 aliphatic heterocycles. The van der Waals surface area contributed by atoms with Crippen LogP contribution in [0.2, 0.25) is 5.02 Å². The largest absolute Gasteiger partial charge is 0.313 e. The zero-order valence-electron chi connectivity index (χ0n) is 10.2.